The second kappa shape index (κ2) is 7.56. The summed E-state index contributed by atoms with van der Waals surface area (Å²) in [6, 6.07) is 21.8. The molecule has 2 aliphatic rings. The number of rotatable bonds is 4. The first-order valence-corrected chi connectivity index (χ1v) is 12.6. The molecule has 1 spiro atoms. The third kappa shape index (κ3) is 2.95. The summed E-state index contributed by atoms with van der Waals surface area (Å²) in [5.41, 5.74) is 4.13. The minimum Gasteiger partial charge on any atom is -0.304 e. The van der Waals surface area contributed by atoms with Gasteiger partial charge in [-0.05, 0) is 48.2 Å². The number of hydrogen-bond donors (Lipinski definition) is 0. The maximum atomic E-state index is 14.2. The van der Waals surface area contributed by atoms with Gasteiger partial charge in [-0.1, -0.05) is 61.5 Å². The Kier molecular flexibility index (Phi) is 4.90. The van der Waals surface area contributed by atoms with Crippen LogP contribution >= 0.6 is 0 Å². The topological polar surface area (TPSA) is 74.8 Å². The minimum atomic E-state index is -4.17. The molecule has 3 aromatic rings. The summed E-state index contributed by atoms with van der Waals surface area (Å²) in [6.45, 7) is 4.16. The largest absolute Gasteiger partial charge is 0.304 e. The Hall–Kier alpha value is -3.45. The Labute approximate surface area is 193 Å². The number of nitrogens with zero attached hydrogens (tertiary/aromatic N) is 2. The lowest BCUT2D eigenvalue weighted by molar-refractivity contribution is -0.123. The van der Waals surface area contributed by atoms with Crippen LogP contribution in [0.4, 0.5) is 11.4 Å². The number of para-hydroxylation sites is 1. The van der Waals surface area contributed by atoms with Crippen molar-refractivity contribution >= 4 is 33.0 Å². The molecular formula is C26H24N2O4S. The second-order valence-electron chi connectivity index (χ2n) is 8.49. The molecule has 7 heteroatoms. The molecule has 0 N–H and O–H groups in total. The number of carbonyl (C=O) groups excluding carboxylic acids is 2. The average molecular weight is 461 g/mol. The van der Waals surface area contributed by atoms with E-state index >= 15 is 0 Å². The smallest absolute Gasteiger partial charge is 0.274 e. The van der Waals surface area contributed by atoms with E-state index in [9.17, 15) is 18.0 Å². The number of aryl methyl sites for hydroxylation is 2. The van der Waals surface area contributed by atoms with E-state index in [1.807, 2.05) is 44.2 Å². The zero-order valence-corrected chi connectivity index (χ0v) is 19.3. The van der Waals surface area contributed by atoms with Crippen LogP contribution < -0.4 is 9.80 Å². The summed E-state index contributed by atoms with van der Waals surface area (Å²) in [7, 11) is -4.17. The maximum Gasteiger partial charge on any atom is 0.274 e. The third-order valence-electron chi connectivity index (χ3n) is 6.59. The molecule has 0 radical (unpaired) electrons. The molecule has 2 aliphatic heterocycles. The molecule has 0 saturated carbocycles. The molecule has 1 saturated heterocycles. The van der Waals surface area contributed by atoms with Gasteiger partial charge >= 0.3 is 0 Å². The molecule has 2 amide bonds. The Morgan fingerprint density at radius 2 is 1.67 bits per heavy atom. The summed E-state index contributed by atoms with van der Waals surface area (Å²) in [6.07, 6.45) is 0.722. The Morgan fingerprint density at radius 1 is 0.939 bits per heavy atom. The van der Waals surface area contributed by atoms with Gasteiger partial charge in [0.2, 0.25) is 5.91 Å². The van der Waals surface area contributed by atoms with Crippen LogP contribution in [0, 0.1) is 6.92 Å². The van der Waals surface area contributed by atoms with Crippen LogP contribution in [0.3, 0.4) is 0 Å². The van der Waals surface area contributed by atoms with E-state index in [0.29, 0.717) is 16.9 Å². The maximum absolute atomic E-state index is 14.2. The number of fused-ring (bicyclic) bond motifs is 2. The SMILES string of the molecule is CCc1cccc(N2C(=O)CS(=O)(=O)[C@]23C(=O)N(Cc2ccccc2C)c2ccccc23)c1. The van der Waals surface area contributed by atoms with Crippen LogP contribution in [0.2, 0.25) is 0 Å². The van der Waals surface area contributed by atoms with Gasteiger partial charge < -0.3 is 4.90 Å². The zero-order chi connectivity index (χ0) is 23.4. The van der Waals surface area contributed by atoms with Gasteiger partial charge in [0, 0.05) is 11.3 Å². The van der Waals surface area contributed by atoms with E-state index in [1.54, 1.807) is 42.5 Å². The van der Waals surface area contributed by atoms with Crippen molar-refractivity contribution < 1.29 is 18.0 Å². The predicted molar refractivity (Wildman–Crippen MR) is 128 cm³/mol. The highest BCUT2D eigenvalue weighted by Gasteiger charge is 2.69. The first kappa shape index (κ1) is 21.4. The first-order valence-electron chi connectivity index (χ1n) is 10.9. The normalized spacial score (nSPS) is 21.2. The summed E-state index contributed by atoms with van der Waals surface area (Å²) in [5, 5.41) is 0. The molecule has 0 unspecified atom stereocenters. The second-order valence-corrected chi connectivity index (χ2v) is 10.6. The van der Waals surface area contributed by atoms with Gasteiger partial charge in [0.1, 0.15) is 5.75 Å². The van der Waals surface area contributed by atoms with E-state index in [1.165, 1.54) is 9.80 Å². The molecule has 2 heterocycles. The lowest BCUT2D eigenvalue weighted by Gasteiger charge is -2.33. The lowest BCUT2D eigenvalue weighted by Crippen LogP contribution is -2.54. The van der Waals surface area contributed by atoms with Crippen molar-refractivity contribution in [2.75, 3.05) is 15.6 Å². The van der Waals surface area contributed by atoms with E-state index in [-0.39, 0.29) is 6.54 Å². The van der Waals surface area contributed by atoms with Crippen molar-refractivity contribution in [2.45, 2.75) is 31.7 Å². The summed E-state index contributed by atoms with van der Waals surface area (Å²) < 4.78 is 27.3. The quantitative estimate of drug-likeness (QED) is 0.595. The van der Waals surface area contributed by atoms with Crippen molar-refractivity contribution in [3.05, 3.63) is 95.1 Å². The van der Waals surface area contributed by atoms with Crippen LogP contribution in [-0.4, -0.2) is 26.0 Å². The van der Waals surface area contributed by atoms with Gasteiger partial charge in [0.25, 0.3) is 10.8 Å². The first-order chi connectivity index (χ1) is 15.8. The highest BCUT2D eigenvalue weighted by molar-refractivity contribution is 7.94. The molecule has 0 aliphatic carbocycles. The summed E-state index contributed by atoms with van der Waals surface area (Å²) in [4.78, 5) is 28.0. The van der Waals surface area contributed by atoms with Crippen molar-refractivity contribution in [3.63, 3.8) is 0 Å². The minimum absolute atomic E-state index is 0.219. The number of carbonyl (C=O) groups is 2. The van der Waals surface area contributed by atoms with E-state index < -0.39 is 32.3 Å². The molecule has 168 valence electrons. The van der Waals surface area contributed by atoms with Crippen molar-refractivity contribution in [1.29, 1.82) is 0 Å². The van der Waals surface area contributed by atoms with Gasteiger partial charge in [-0.3, -0.25) is 14.5 Å². The fourth-order valence-electron chi connectivity index (χ4n) is 4.92. The third-order valence-corrected chi connectivity index (χ3v) is 8.69. The zero-order valence-electron chi connectivity index (χ0n) is 18.5. The standard InChI is InChI=1S/C26H24N2O4S/c1-3-19-10-8-12-21(15-19)28-24(29)17-33(31,32)26(28)22-13-6-7-14-23(22)27(25(26)30)16-20-11-5-4-9-18(20)2/h4-15H,3,16-17H2,1-2H3/t26-/m1/s1. The predicted octanol–water partition coefficient (Wildman–Crippen LogP) is 3.72. The Balaban J connectivity index is 1.75. The molecule has 5 rings (SSSR count). The van der Waals surface area contributed by atoms with Crippen LogP contribution in [0.25, 0.3) is 0 Å². The monoisotopic (exact) mass is 460 g/mol. The Bertz CT molecular complexity index is 1400. The van der Waals surface area contributed by atoms with Crippen molar-refractivity contribution in [3.8, 4) is 0 Å². The van der Waals surface area contributed by atoms with Crippen LogP contribution in [-0.2, 0) is 37.3 Å². The van der Waals surface area contributed by atoms with Crippen molar-refractivity contribution in [2.24, 2.45) is 0 Å². The van der Waals surface area contributed by atoms with E-state index in [0.717, 1.165) is 23.1 Å². The van der Waals surface area contributed by atoms with Crippen LogP contribution in [0.5, 0.6) is 0 Å². The number of anilines is 2. The molecule has 1 fully saturated rings. The average Bonchev–Trinajstić information content (AvgIpc) is 3.18. The molecule has 0 bridgehead atoms. The highest BCUT2D eigenvalue weighted by atomic mass is 32.2. The van der Waals surface area contributed by atoms with Gasteiger partial charge in [0.15, 0.2) is 9.84 Å². The number of hydrogen-bond acceptors (Lipinski definition) is 4. The number of amides is 2. The van der Waals surface area contributed by atoms with Crippen LogP contribution in [0.1, 0.15) is 29.2 Å². The van der Waals surface area contributed by atoms with Gasteiger partial charge in [-0.15, -0.1) is 0 Å². The van der Waals surface area contributed by atoms with Gasteiger partial charge in [0.05, 0.1) is 12.2 Å². The Morgan fingerprint density at radius 3 is 2.42 bits per heavy atom. The molecule has 1 atom stereocenters. The molecule has 33 heavy (non-hydrogen) atoms. The summed E-state index contributed by atoms with van der Waals surface area (Å²) in [5.74, 6) is -1.91. The molecule has 3 aromatic carbocycles. The fraction of sp³-hybridized carbons (Fsp3) is 0.231. The number of benzene rings is 3. The molecule has 0 aromatic heterocycles. The number of sulfone groups is 1. The molecule has 6 nitrogen and oxygen atoms in total. The molecular weight excluding hydrogens is 436 g/mol. The van der Waals surface area contributed by atoms with Gasteiger partial charge in [-0.2, -0.15) is 0 Å². The van der Waals surface area contributed by atoms with Crippen molar-refractivity contribution in [1.82, 2.24) is 0 Å². The van der Waals surface area contributed by atoms with Crippen LogP contribution in [0.15, 0.2) is 72.8 Å². The van der Waals surface area contributed by atoms with E-state index in [2.05, 4.69) is 0 Å². The fourth-order valence-corrected chi connectivity index (χ4v) is 6.95. The van der Waals surface area contributed by atoms with E-state index in [4.69, 9.17) is 0 Å². The summed E-state index contributed by atoms with van der Waals surface area (Å²) >= 11 is 0. The lowest BCUT2D eigenvalue weighted by atomic mass is 10.0. The highest BCUT2D eigenvalue weighted by Crippen LogP contribution is 2.52. The van der Waals surface area contributed by atoms with Gasteiger partial charge in [-0.25, -0.2) is 8.42 Å².